The van der Waals surface area contributed by atoms with Gasteiger partial charge in [-0.15, -0.1) is 0 Å². The van der Waals surface area contributed by atoms with Gasteiger partial charge in [-0.3, -0.25) is 9.69 Å². The van der Waals surface area contributed by atoms with Crippen molar-refractivity contribution in [2.75, 3.05) is 32.7 Å². The average molecular weight is 501 g/mol. The summed E-state index contributed by atoms with van der Waals surface area (Å²) in [4.78, 5) is 22.8. The van der Waals surface area contributed by atoms with Crippen LogP contribution in [0, 0.1) is 17.1 Å². The van der Waals surface area contributed by atoms with Gasteiger partial charge in [-0.2, -0.15) is 10.3 Å². The molecule has 190 valence electrons. The fraction of sp³-hybridized carbons (Fsp3) is 0.286. The van der Waals surface area contributed by atoms with Gasteiger partial charge >= 0.3 is 0 Å². The summed E-state index contributed by atoms with van der Waals surface area (Å²) in [6.07, 6.45) is 5.44. The summed E-state index contributed by atoms with van der Waals surface area (Å²) in [5.41, 5.74) is 9.94. The monoisotopic (exact) mass is 500 g/mol. The molecule has 5 rings (SSSR count). The predicted molar refractivity (Wildman–Crippen MR) is 137 cm³/mol. The lowest BCUT2D eigenvalue weighted by molar-refractivity contribution is -0.134. The Balaban J connectivity index is 1.16. The normalized spacial score (nSPS) is 18.1. The van der Waals surface area contributed by atoms with E-state index < -0.39 is 11.9 Å². The minimum absolute atomic E-state index is 0.0146. The molecular formula is C28H29FN6O2. The number of hydrogen-bond donors (Lipinski definition) is 2. The fourth-order valence-electron chi connectivity index (χ4n) is 4.76. The molecule has 2 aromatic rings. The van der Waals surface area contributed by atoms with Crippen LogP contribution in [0.1, 0.15) is 11.1 Å². The molecule has 2 aromatic carbocycles. The lowest BCUT2D eigenvalue weighted by Crippen LogP contribution is -2.53. The summed E-state index contributed by atoms with van der Waals surface area (Å²) in [7, 11) is 0. The largest absolute Gasteiger partial charge is 0.378 e. The number of allylic oxidation sites excluding steroid dienone is 2. The molecule has 1 fully saturated rings. The Bertz CT molecular complexity index is 1290. The third kappa shape index (κ3) is 5.50. The molecule has 0 radical (unpaired) electrons. The number of rotatable bonds is 7. The lowest BCUT2D eigenvalue weighted by atomic mass is 10.0. The second-order valence-corrected chi connectivity index (χ2v) is 9.29. The number of carbonyl (C=O) groups excluding carboxylic acids is 1. The zero-order chi connectivity index (χ0) is 25.8. The van der Waals surface area contributed by atoms with E-state index in [2.05, 4.69) is 28.4 Å². The van der Waals surface area contributed by atoms with Gasteiger partial charge in [-0.05, 0) is 41.8 Å². The highest BCUT2D eigenvalue weighted by atomic mass is 19.1. The zero-order valence-electron chi connectivity index (χ0n) is 20.4. The Hall–Kier alpha value is -4.13. The molecule has 0 bridgehead atoms. The van der Waals surface area contributed by atoms with Crippen LogP contribution in [0.25, 0.3) is 0 Å². The van der Waals surface area contributed by atoms with Crippen LogP contribution >= 0.6 is 0 Å². The van der Waals surface area contributed by atoms with Crippen molar-refractivity contribution < 1.29 is 14.0 Å². The quantitative estimate of drug-likeness (QED) is 0.603. The van der Waals surface area contributed by atoms with Crippen LogP contribution in [0.4, 0.5) is 4.39 Å². The Morgan fingerprint density at radius 3 is 2.65 bits per heavy atom. The number of fused-ring (bicyclic) bond motifs is 1. The molecule has 1 amide bonds. The summed E-state index contributed by atoms with van der Waals surface area (Å²) < 4.78 is 14.9. The molecule has 3 aliphatic heterocycles. The Morgan fingerprint density at radius 2 is 1.92 bits per heavy atom. The highest BCUT2D eigenvalue weighted by molar-refractivity contribution is 5.82. The highest BCUT2D eigenvalue weighted by Gasteiger charge is 2.28. The van der Waals surface area contributed by atoms with Crippen molar-refractivity contribution in [1.29, 1.82) is 5.26 Å². The highest BCUT2D eigenvalue weighted by Crippen LogP contribution is 2.29. The summed E-state index contributed by atoms with van der Waals surface area (Å²) in [5.74, 6) is -0.676. The number of carbonyl (C=O) groups is 1. The minimum atomic E-state index is -0.752. The standard InChI is InChI=1S/C28H29FN6O2/c29-23-15-21(8-9-26(23)37-35-10-4-7-25-27(35)22(17-30)18-32-25)16-24(31)28(36)34-13-11-33(12-14-34)19-20-5-2-1-3-6-20/h1-10,15,24,32H,11-14,16,18-19,31H2. The molecule has 37 heavy (non-hydrogen) atoms. The van der Waals surface area contributed by atoms with Crippen molar-refractivity contribution in [3.8, 4) is 11.8 Å². The van der Waals surface area contributed by atoms with Gasteiger partial charge in [0.15, 0.2) is 11.6 Å². The third-order valence-electron chi connectivity index (χ3n) is 6.74. The molecule has 9 heteroatoms. The summed E-state index contributed by atoms with van der Waals surface area (Å²) in [5, 5.41) is 13.9. The van der Waals surface area contributed by atoms with Gasteiger partial charge in [0.25, 0.3) is 0 Å². The topological polar surface area (TPSA) is 97.9 Å². The van der Waals surface area contributed by atoms with Crippen LogP contribution in [0.5, 0.6) is 5.75 Å². The average Bonchev–Trinajstić information content (AvgIpc) is 3.35. The van der Waals surface area contributed by atoms with Crippen LogP contribution in [0.15, 0.2) is 83.9 Å². The van der Waals surface area contributed by atoms with Crippen molar-refractivity contribution in [3.63, 3.8) is 0 Å². The van der Waals surface area contributed by atoms with Gasteiger partial charge in [0.2, 0.25) is 5.91 Å². The van der Waals surface area contributed by atoms with Crippen molar-refractivity contribution >= 4 is 5.91 Å². The Labute approximate surface area is 215 Å². The molecular weight excluding hydrogens is 471 g/mol. The predicted octanol–water partition coefficient (Wildman–Crippen LogP) is 2.43. The van der Waals surface area contributed by atoms with E-state index in [-0.39, 0.29) is 18.1 Å². The maximum atomic E-state index is 14.9. The number of nitrogens with two attached hydrogens (primary N) is 1. The van der Waals surface area contributed by atoms with Crippen LogP contribution < -0.4 is 15.9 Å². The van der Waals surface area contributed by atoms with Gasteiger partial charge in [0.1, 0.15) is 5.70 Å². The van der Waals surface area contributed by atoms with Gasteiger partial charge in [0, 0.05) is 38.9 Å². The van der Waals surface area contributed by atoms with E-state index in [1.165, 1.54) is 22.8 Å². The number of halogens is 1. The summed E-state index contributed by atoms with van der Waals surface area (Å²) >= 11 is 0. The Morgan fingerprint density at radius 1 is 1.14 bits per heavy atom. The zero-order valence-corrected chi connectivity index (χ0v) is 20.4. The van der Waals surface area contributed by atoms with Crippen LogP contribution in [0.2, 0.25) is 0 Å². The van der Waals surface area contributed by atoms with E-state index in [4.69, 9.17) is 10.6 Å². The number of nitrogens with one attached hydrogen (secondary N) is 1. The number of amides is 1. The second-order valence-electron chi connectivity index (χ2n) is 9.29. The van der Waals surface area contributed by atoms with Gasteiger partial charge in [-0.1, -0.05) is 36.4 Å². The molecule has 0 aliphatic carbocycles. The number of piperazine rings is 1. The van der Waals surface area contributed by atoms with Crippen molar-refractivity contribution in [3.05, 3.63) is 101 Å². The van der Waals surface area contributed by atoms with E-state index in [1.54, 1.807) is 23.2 Å². The fourth-order valence-corrected chi connectivity index (χ4v) is 4.76. The first-order valence-electron chi connectivity index (χ1n) is 12.3. The van der Waals surface area contributed by atoms with Crippen molar-refractivity contribution in [2.24, 2.45) is 5.73 Å². The number of nitrogens with zero attached hydrogens (tertiary/aromatic N) is 4. The SMILES string of the molecule is N#CC1=C2C(=CC=CN2Oc2ccc(CC(N)C(=O)N3CCN(Cc4ccccc4)CC3)cc2F)NC1. The van der Waals surface area contributed by atoms with Gasteiger partial charge in [0.05, 0.1) is 29.9 Å². The molecule has 0 saturated carbocycles. The van der Waals surface area contributed by atoms with Crippen LogP contribution in [0.3, 0.4) is 0 Å². The van der Waals surface area contributed by atoms with Crippen molar-refractivity contribution in [1.82, 2.24) is 20.2 Å². The molecule has 1 saturated heterocycles. The smallest absolute Gasteiger partial charge is 0.239 e. The summed E-state index contributed by atoms with van der Waals surface area (Å²) in [6.45, 7) is 4.07. The lowest BCUT2D eigenvalue weighted by Gasteiger charge is -2.36. The van der Waals surface area contributed by atoms with E-state index in [9.17, 15) is 14.4 Å². The molecule has 0 aromatic heterocycles. The molecule has 8 nitrogen and oxygen atoms in total. The maximum Gasteiger partial charge on any atom is 0.239 e. The first-order chi connectivity index (χ1) is 18.0. The number of nitriles is 1. The number of hydroxylamine groups is 2. The first-order valence-corrected chi connectivity index (χ1v) is 12.3. The van der Waals surface area contributed by atoms with Gasteiger partial charge < -0.3 is 20.8 Å². The van der Waals surface area contributed by atoms with E-state index in [0.717, 1.165) is 25.3 Å². The van der Waals surface area contributed by atoms with E-state index in [1.807, 2.05) is 24.3 Å². The van der Waals surface area contributed by atoms with Crippen molar-refractivity contribution in [2.45, 2.75) is 19.0 Å². The third-order valence-corrected chi connectivity index (χ3v) is 6.74. The first kappa shape index (κ1) is 24.6. The molecule has 3 heterocycles. The van der Waals surface area contributed by atoms with Gasteiger partial charge in [-0.25, -0.2) is 4.39 Å². The molecule has 3 N–H and O–H groups in total. The van der Waals surface area contributed by atoms with Crippen LogP contribution in [-0.2, 0) is 17.8 Å². The number of benzene rings is 2. The molecule has 1 unspecified atom stereocenters. The summed E-state index contributed by atoms with van der Waals surface area (Å²) in [6, 6.07) is 16.2. The number of hydrogen-bond acceptors (Lipinski definition) is 7. The van der Waals surface area contributed by atoms with Crippen LogP contribution in [-0.4, -0.2) is 59.5 Å². The maximum absolute atomic E-state index is 14.9. The Kier molecular flexibility index (Phi) is 7.21. The van der Waals surface area contributed by atoms with E-state index in [0.29, 0.717) is 36.5 Å². The molecule has 1 atom stereocenters. The van der Waals surface area contributed by atoms with E-state index >= 15 is 0 Å². The second kappa shape index (κ2) is 10.9. The molecule has 3 aliphatic rings. The molecule has 0 spiro atoms. The minimum Gasteiger partial charge on any atom is -0.378 e.